The lowest BCUT2D eigenvalue weighted by Crippen LogP contribution is -2.29. The fourth-order valence-electron chi connectivity index (χ4n) is 2.03. The molecule has 0 heterocycles. The Balaban J connectivity index is 2.55. The van der Waals surface area contributed by atoms with E-state index in [-0.39, 0.29) is 21.2 Å². The van der Waals surface area contributed by atoms with E-state index in [1.165, 1.54) is 43.5 Å². The van der Waals surface area contributed by atoms with Gasteiger partial charge in [0.15, 0.2) is 6.29 Å². The van der Waals surface area contributed by atoms with Crippen molar-refractivity contribution in [3.05, 3.63) is 48.5 Å². The molecule has 0 radical (unpaired) electrons. The molecule has 0 saturated carbocycles. The Morgan fingerprint density at radius 1 is 1.08 bits per heavy atom. The van der Waals surface area contributed by atoms with Crippen molar-refractivity contribution in [3.63, 3.8) is 0 Å². The molecule has 2 rings (SSSR count). The summed E-state index contributed by atoms with van der Waals surface area (Å²) in [6.45, 7) is 1.62. The first kappa shape index (κ1) is 17.8. The third-order valence-electron chi connectivity index (χ3n) is 3.18. The molecule has 0 bridgehead atoms. The largest absolute Gasteiger partial charge is 0.530 e. The highest BCUT2D eigenvalue weighted by atomic mass is 32.2. The van der Waals surface area contributed by atoms with E-state index in [0.717, 1.165) is 0 Å². The lowest BCUT2D eigenvalue weighted by atomic mass is 10.3. The molecule has 24 heavy (non-hydrogen) atoms. The summed E-state index contributed by atoms with van der Waals surface area (Å²) in [5.41, 5.74) is -0.0907. The number of nitrogens with one attached hydrogen (secondary N) is 1. The fourth-order valence-corrected chi connectivity index (χ4v) is 3.57. The van der Waals surface area contributed by atoms with Gasteiger partial charge in [0, 0.05) is 7.11 Å². The average molecular weight is 350 g/mol. The first-order valence-electron chi connectivity index (χ1n) is 6.97. The summed E-state index contributed by atoms with van der Waals surface area (Å²) in [4.78, 5) is 10.5. The summed E-state index contributed by atoms with van der Waals surface area (Å²) in [5, 5.41) is 12.8. The lowest BCUT2D eigenvalue weighted by Gasteiger charge is -2.17. The maximum absolute atomic E-state index is 13.0. The molecule has 2 aromatic carbocycles. The van der Waals surface area contributed by atoms with Crippen LogP contribution < -0.4 is 15.2 Å². The van der Waals surface area contributed by atoms with Crippen molar-refractivity contribution in [1.82, 2.24) is 0 Å². The number of anilines is 1. The number of rotatable bonds is 6. The highest BCUT2D eigenvalue weighted by Crippen LogP contribution is 2.33. The van der Waals surface area contributed by atoms with Gasteiger partial charge in [-0.3, -0.25) is 0 Å². The molecule has 8 heteroatoms. The van der Waals surface area contributed by atoms with Crippen LogP contribution in [0.1, 0.15) is 6.92 Å². The zero-order valence-corrected chi connectivity index (χ0v) is 13.9. The monoisotopic (exact) mass is 350 g/mol. The Labute approximate surface area is 139 Å². The van der Waals surface area contributed by atoms with Gasteiger partial charge in [-0.2, -0.15) is 0 Å². The van der Waals surface area contributed by atoms with Gasteiger partial charge in [-0.05, 0) is 31.2 Å². The van der Waals surface area contributed by atoms with Gasteiger partial charge < -0.3 is 24.7 Å². The van der Waals surface area contributed by atoms with Gasteiger partial charge in [-0.1, -0.05) is 24.3 Å². The van der Waals surface area contributed by atoms with Crippen molar-refractivity contribution in [1.29, 1.82) is 0 Å². The number of hydrogen-bond donors (Lipinski definition) is 1. The van der Waals surface area contributed by atoms with Crippen LogP contribution >= 0.6 is 0 Å². The van der Waals surface area contributed by atoms with Gasteiger partial charge in [0.2, 0.25) is 9.84 Å². The lowest BCUT2D eigenvalue weighted by molar-refractivity contribution is -0.242. The van der Waals surface area contributed by atoms with Crippen molar-refractivity contribution < 1.29 is 27.8 Å². The van der Waals surface area contributed by atoms with E-state index in [2.05, 4.69) is 0 Å². The number of carboxylic acid groups (broad SMARTS) is 1. The quantitative estimate of drug-likeness (QED) is 0.794. The average Bonchev–Trinajstić information content (AvgIpc) is 2.55. The number of hydrogen-bond acceptors (Lipinski definition) is 6. The molecule has 0 aromatic heterocycles. The van der Waals surface area contributed by atoms with Gasteiger partial charge in [-0.25, -0.2) is 8.42 Å². The molecule has 0 saturated heterocycles. The molecule has 1 unspecified atom stereocenters. The number of carbonyl (C=O) groups excluding carboxylic acids is 1. The molecule has 1 amide bonds. The van der Waals surface area contributed by atoms with Crippen LogP contribution in [0, 0.1) is 0 Å². The molecule has 0 aliphatic heterocycles. The minimum absolute atomic E-state index is 0.0907. The Kier molecular flexibility index (Phi) is 5.42. The van der Waals surface area contributed by atoms with Gasteiger partial charge >= 0.3 is 0 Å². The fraction of sp³-hybridized carbons (Fsp3) is 0.188. The van der Waals surface area contributed by atoms with Crippen molar-refractivity contribution in [2.45, 2.75) is 23.0 Å². The normalized spacial score (nSPS) is 12.4. The van der Waals surface area contributed by atoms with Crippen molar-refractivity contribution in [3.8, 4) is 5.75 Å². The Hall–Kier alpha value is -2.58. The van der Waals surface area contributed by atoms with E-state index in [1.54, 1.807) is 19.1 Å². The van der Waals surface area contributed by atoms with Crippen LogP contribution in [0.4, 0.5) is 10.5 Å². The maximum Gasteiger partial charge on any atom is 0.212 e. The molecule has 7 nitrogen and oxygen atoms in total. The number of ether oxygens (including phenoxy) is 2. The number of amides is 1. The van der Waals surface area contributed by atoms with E-state index in [0.29, 0.717) is 0 Å². The summed E-state index contributed by atoms with van der Waals surface area (Å²) in [6.07, 6.45) is -2.26. The third-order valence-corrected chi connectivity index (χ3v) is 5.03. The molecule has 1 atom stereocenters. The highest BCUT2D eigenvalue weighted by molar-refractivity contribution is 7.91. The number of sulfone groups is 1. The zero-order chi connectivity index (χ0) is 17.7. The first-order valence-corrected chi connectivity index (χ1v) is 8.45. The second kappa shape index (κ2) is 7.33. The van der Waals surface area contributed by atoms with Crippen LogP contribution in [0.3, 0.4) is 0 Å². The van der Waals surface area contributed by atoms with Gasteiger partial charge in [-0.15, -0.1) is 0 Å². The van der Waals surface area contributed by atoms with Crippen LogP contribution in [0.25, 0.3) is 0 Å². The van der Waals surface area contributed by atoms with E-state index >= 15 is 0 Å². The summed E-state index contributed by atoms with van der Waals surface area (Å²) in [5.74, 6) is 0.107. The van der Waals surface area contributed by atoms with Crippen LogP contribution in [0.15, 0.2) is 58.3 Å². The molecule has 0 spiro atoms. The molecular formula is C16H16NO6S-. The number of benzene rings is 2. The minimum Gasteiger partial charge on any atom is -0.530 e. The molecule has 128 valence electrons. The molecular weight excluding hydrogens is 334 g/mol. The van der Waals surface area contributed by atoms with Gasteiger partial charge in [0.25, 0.3) is 0 Å². The predicted octanol–water partition coefficient (Wildman–Crippen LogP) is 1.65. The van der Waals surface area contributed by atoms with Crippen molar-refractivity contribution in [2.75, 3.05) is 12.4 Å². The summed E-state index contributed by atoms with van der Waals surface area (Å²) >= 11 is 0. The molecule has 2 aromatic rings. The van der Waals surface area contributed by atoms with Crippen molar-refractivity contribution >= 4 is 21.6 Å². The summed E-state index contributed by atoms with van der Waals surface area (Å²) < 4.78 is 36.4. The van der Waals surface area contributed by atoms with E-state index in [4.69, 9.17) is 9.47 Å². The van der Waals surface area contributed by atoms with Crippen LogP contribution in [-0.4, -0.2) is 27.9 Å². The summed E-state index contributed by atoms with van der Waals surface area (Å²) in [7, 11) is -2.60. The Bertz CT molecular complexity index is 834. The topological polar surface area (TPSA) is 105 Å². The van der Waals surface area contributed by atoms with E-state index in [1.807, 2.05) is 5.32 Å². The molecule has 0 aliphatic carbocycles. The van der Waals surface area contributed by atoms with Crippen LogP contribution in [0.2, 0.25) is 0 Å². The summed E-state index contributed by atoms with van der Waals surface area (Å²) in [6, 6.07) is 11.7. The molecule has 0 aliphatic rings. The highest BCUT2D eigenvalue weighted by Gasteiger charge is 2.25. The third kappa shape index (κ3) is 3.84. The Morgan fingerprint density at radius 2 is 1.67 bits per heavy atom. The van der Waals surface area contributed by atoms with Crippen LogP contribution in [0.5, 0.6) is 5.75 Å². The van der Waals surface area contributed by atoms with E-state index in [9.17, 15) is 18.3 Å². The maximum atomic E-state index is 13.0. The second-order valence-electron chi connectivity index (χ2n) is 4.78. The van der Waals surface area contributed by atoms with Gasteiger partial charge in [0.05, 0.1) is 10.6 Å². The number of methoxy groups -OCH3 is 1. The SMILES string of the molecule is COC(C)Oc1ccccc1S(=O)(=O)c1ccccc1NC(=O)[O-]. The number of para-hydroxylation sites is 2. The Morgan fingerprint density at radius 3 is 2.29 bits per heavy atom. The zero-order valence-electron chi connectivity index (χ0n) is 13.1. The number of carbonyl (C=O) groups is 1. The van der Waals surface area contributed by atoms with Crippen molar-refractivity contribution in [2.24, 2.45) is 0 Å². The molecule has 0 fully saturated rings. The smallest absolute Gasteiger partial charge is 0.212 e. The van der Waals surface area contributed by atoms with Gasteiger partial charge in [0.1, 0.15) is 16.7 Å². The van der Waals surface area contributed by atoms with E-state index < -0.39 is 22.2 Å². The predicted molar refractivity (Wildman–Crippen MR) is 84.5 cm³/mol. The molecule has 1 N–H and O–H groups in total. The standard InChI is InChI=1S/C16H17NO6S/c1-11(22-2)23-13-8-4-6-10-15(13)24(20,21)14-9-5-3-7-12(14)17-16(18)19/h3-11,17H,1-2H3,(H,18,19)/p-1. The first-order chi connectivity index (χ1) is 11.4. The second-order valence-corrected chi connectivity index (χ2v) is 6.67. The van der Waals surface area contributed by atoms with Crippen LogP contribution in [-0.2, 0) is 14.6 Å². The minimum atomic E-state index is -4.03.